The standard InChI is InChI=1S/C26H27N5.C3H6/c1-5-21-12-10-13-22(17-21)27-20(4)29-30-26-28-24-15-8-7-14-23(24)19(3)31(26)25-16-9-6-11-18(25)2;1-3-2/h6-17,27,29H,3-5H2,1-2H3,(H,28,30);3H,1H2,2H3. The van der Waals surface area contributed by atoms with Crippen molar-refractivity contribution in [1.29, 1.82) is 0 Å². The maximum atomic E-state index is 4.84. The van der Waals surface area contributed by atoms with Crippen LogP contribution in [0.2, 0.25) is 0 Å². The summed E-state index contributed by atoms with van der Waals surface area (Å²) in [6.07, 6.45) is 2.73. The number of fused-ring (bicyclic) bond motifs is 1. The van der Waals surface area contributed by atoms with Crippen LogP contribution in [0, 0.1) is 6.92 Å². The lowest BCUT2D eigenvalue weighted by Gasteiger charge is -2.33. The Balaban J connectivity index is 0.00000103. The monoisotopic (exact) mass is 451 g/mol. The molecule has 0 saturated carbocycles. The van der Waals surface area contributed by atoms with Crippen molar-refractivity contribution in [3.05, 3.63) is 121 Å². The van der Waals surface area contributed by atoms with Crippen LogP contribution in [0.4, 0.5) is 17.1 Å². The Labute approximate surface area is 203 Å². The van der Waals surface area contributed by atoms with Gasteiger partial charge in [-0.15, -0.1) is 6.58 Å². The van der Waals surface area contributed by atoms with Gasteiger partial charge in [0, 0.05) is 11.3 Å². The second-order valence-corrected chi connectivity index (χ2v) is 7.84. The zero-order valence-electron chi connectivity index (χ0n) is 20.2. The summed E-state index contributed by atoms with van der Waals surface area (Å²) in [5, 5.41) is 3.29. The Kier molecular flexibility index (Phi) is 8.30. The highest BCUT2D eigenvalue weighted by Crippen LogP contribution is 2.36. The highest BCUT2D eigenvalue weighted by Gasteiger charge is 2.26. The third kappa shape index (κ3) is 5.75. The zero-order chi connectivity index (χ0) is 24.5. The molecule has 174 valence electrons. The fourth-order valence-corrected chi connectivity index (χ4v) is 3.59. The van der Waals surface area contributed by atoms with Crippen LogP contribution in [0.15, 0.2) is 109 Å². The van der Waals surface area contributed by atoms with E-state index in [4.69, 9.17) is 4.99 Å². The van der Waals surface area contributed by atoms with E-state index in [1.54, 1.807) is 6.08 Å². The van der Waals surface area contributed by atoms with Crippen molar-refractivity contribution >= 4 is 28.7 Å². The summed E-state index contributed by atoms with van der Waals surface area (Å²) in [5.41, 5.74) is 13.5. The maximum Gasteiger partial charge on any atom is 0.227 e. The van der Waals surface area contributed by atoms with Gasteiger partial charge in [-0.3, -0.25) is 15.8 Å². The minimum absolute atomic E-state index is 0.616. The first-order valence-corrected chi connectivity index (χ1v) is 11.3. The zero-order valence-corrected chi connectivity index (χ0v) is 20.2. The molecule has 0 radical (unpaired) electrons. The summed E-state index contributed by atoms with van der Waals surface area (Å²) in [5.74, 6) is 1.24. The Bertz CT molecular complexity index is 1210. The molecule has 1 aliphatic rings. The van der Waals surface area contributed by atoms with Crippen LogP contribution in [0.25, 0.3) is 5.70 Å². The third-order valence-corrected chi connectivity index (χ3v) is 5.24. The quantitative estimate of drug-likeness (QED) is 0.282. The molecule has 0 aliphatic carbocycles. The molecule has 0 fully saturated rings. The summed E-state index contributed by atoms with van der Waals surface area (Å²) >= 11 is 0. The summed E-state index contributed by atoms with van der Waals surface area (Å²) in [4.78, 5) is 6.86. The second kappa shape index (κ2) is 11.6. The number of nitrogens with one attached hydrogen (secondary N) is 3. The predicted molar refractivity (Wildman–Crippen MR) is 147 cm³/mol. The molecule has 5 nitrogen and oxygen atoms in total. The SMILES string of the molecule is C=C(NNC1=Nc2ccccc2C(=C)N1c1ccccc1C)Nc1cccc(CC)c1.C=CC. The lowest BCUT2D eigenvalue weighted by Crippen LogP contribution is -2.48. The molecule has 1 heterocycles. The van der Waals surface area contributed by atoms with Gasteiger partial charge in [0.2, 0.25) is 5.96 Å². The van der Waals surface area contributed by atoms with Gasteiger partial charge in [-0.2, -0.15) is 0 Å². The van der Waals surface area contributed by atoms with Crippen LogP contribution < -0.4 is 21.1 Å². The van der Waals surface area contributed by atoms with Crippen LogP contribution in [-0.2, 0) is 6.42 Å². The lowest BCUT2D eigenvalue weighted by molar-refractivity contribution is 0.762. The minimum atomic E-state index is 0.616. The Hall–Kier alpha value is -4.25. The van der Waals surface area contributed by atoms with Crippen molar-refractivity contribution < 1.29 is 0 Å². The average Bonchev–Trinajstić information content (AvgIpc) is 2.84. The number of hydrogen-bond acceptors (Lipinski definition) is 5. The average molecular weight is 452 g/mol. The molecule has 0 atom stereocenters. The van der Waals surface area contributed by atoms with E-state index < -0.39 is 0 Å². The van der Waals surface area contributed by atoms with Crippen molar-refractivity contribution in [2.24, 2.45) is 4.99 Å². The topological polar surface area (TPSA) is 51.7 Å². The molecule has 0 bridgehead atoms. The first-order chi connectivity index (χ1) is 16.5. The number of allylic oxidation sites excluding steroid dienone is 1. The Morgan fingerprint density at radius 3 is 2.47 bits per heavy atom. The summed E-state index contributed by atoms with van der Waals surface area (Å²) in [6.45, 7) is 17.9. The van der Waals surface area contributed by atoms with E-state index in [9.17, 15) is 0 Å². The number of aryl methyl sites for hydroxylation is 2. The molecule has 0 spiro atoms. The van der Waals surface area contributed by atoms with Crippen LogP contribution in [0.1, 0.15) is 30.5 Å². The van der Waals surface area contributed by atoms with Gasteiger partial charge in [0.1, 0.15) is 5.82 Å². The van der Waals surface area contributed by atoms with Gasteiger partial charge in [0.15, 0.2) is 0 Å². The largest absolute Gasteiger partial charge is 0.341 e. The number of rotatable bonds is 6. The van der Waals surface area contributed by atoms with E-state index in [2.05, 4.69) is 74.0 Å². The van der Waals surface area contributed by atoms with Crippen LogP contribution in [0.5, 0.6) is 0 Å². The van der Waals surface area contributed by atoms with E-state index in [-0.39, 0.29) is 0 Å². The van der Waals surface area contributed by atoms with Crippen LogP contribution >= 0.6 is 0 Å². The van der Waals surface area contributed by atoms with E-state index in [1.165, 1.54) is 5.56 Å². The number of guanidine groups is 1. The van der Waals surface area contributed by atoms with E-state index in [0.29, 0.717) is 11.8 Å². The fraction of sp³-hybridized carbons (Fsp3) is 0.138. The number of hydrazine groups is 1. The van der Waals surface area contributed by atoms with Crippen molar-refractivity contribution in [1.82, 2.24) is 10.9 Å². The molecule has 4 rings (SSSR count). The minimum Gasteiger partial charge on any atom is -0.341 e. The summed E-state index contributed by atoms with van der Waals surface area (Å²) in [6, 6.07) is 24.5. The van der Waals surface area contributed by atoms with Gasteiger partial charge in [-0.25, -0.2) is 4.99 Å². The maximum absolute atomic E-state index is 4.84. The van der Waals surface area contributed by atoms with Crippen molar-refractivity contribution in [2.75, 3.05) is 10.2 Å². The number of para-hydroxylation sites is 2. The molecule has 1 aliphatic heterocycles. The highest BCUT2D eigenvalue weighted by molar-refractivity contribution is 6.12. The van der Waals surface area contributed by atoms with Gasteiger partial charge in [0.05, 0.1) is 17.1 Å². The number of anilines is 2. The van der Waals surface area contributed by atoms with Crippen molar-refractivity contribution in [3.63, 3.8) is 0 Å². The number of nitrogens with zero attached hydrogens (tertiary/aromatic N) is 2. The van der Waals surface area contributed by atoms with Crippen molar-refractivity contribution in [2.45, 2.75) is 27.2 Å². The van der Waals surface area contributed by atoms with Gasteiger partial charge in [-0.1, -0.05) is 74.7 Å². The number of benzene rings is 3. The number of hydrogen-bond donors (Lipinski definition) is 3. The first-order valence-electron chi connectivity index (χ1n) is 11.3. The Morgan fingerprint density at radius 1 is 1.03 bits per heavy atom. The van der Waals surface area contributed by atoms with Gasteiger partial charge >= 0.3 is 0 Å². The molecule has 0 aromatic heterocycles. The van der Waals surface area contributed by atoms with Crippen molar-refractivity contribution in [3.8, 4) is 0 Å². The number of aliphatic imine (C=N–C) groups is 1. The predicted octanol–water partition coefficient (Wildman–Crippen LogP) is 6.91. The van der Waals surface area contributed by atoms with Gasteiger partial charge < -0.3 is 5.32 Å². The Morgan fingerprint density at radius 2 is 1.74 bits per heavy atom. The van der Waals surface area contributed by atoms with Crippen LogP contribution in [0.3, 0.4) is 0 Å². The third-order valence-electron chi connectivity index (χ3n) is 5.24. The van der Waals surface area contributed by atoms with E-state index in [1.807, 2.05) is 60.4 Å². The molecule has 5 heteroatoms. The summed E-state index contributed by atoms with van der Waals surface area (Å²) in [7, 11) is 0. The van der Waals surface area contributed by atoms with Gasteiger partial charge in [-0.05, 0) is 55.7 Å². The smallest absolute Gasteiger partial charge is 0.227 e. The molecule has 34 heavy (non-hydrogen) atoms. The highest BCUT2D eigenvalue weighted by atomic mass is 15.5. The molecule has 0 saturated heterocycles. The van der Waals surface area contributed by atoms with Crippen LogP contribution in [-0.4, -0.2) is 5.96 Å². The molecular formula is C29H33N5. The lowest BCUT2D eigenvalue weighted by atomic mass is 10.1. The van der Waals surface area contributed by atoms with E-state index >= 15 is 0 Å². The fourth-order valence-electron chi connectivity index (χ4n) is 3.59. The molecular weight excluding hydrogens is 418 g/mol. The summed E-state index contributed by atoms with van der Waals surface area (Å²) < 4.78 is 0. The molecule has 0 amide bonds. The normalized spacial score (nSPS) is 11.9. The molecule has 3 aromatic carbocycles. The van der Waals surface area contributed by atoms with Gasteiger partial charge in [0.25, 0.3) is 0 Å². The first kappa shape index (κ1) is 24.4. The molecule has 0 unspecified atom stereocenters. The molecule has 3 aromatic rings. The van der Waals surface area contributed by atoms with E-state index in [0.717, 1.165) is 40.3 Å². The molecule has 3 N–H and O–H groups in total. The second-order valence-electron chi connectivity index (χ2n) is 7.84.